The van der Waals surface area contributed by atoms with E-state index >= 15 is 0 Å². The van der Waals surface area contributed by atoms with E-state index in [0.29, 0.717) is 23.9 Å². The van der Waals surface area contributed by atoms with Gasteiger partial charge in [0.15, 0.2) is 0 Å². The van der Waals surface area contributed by atoms with Crippen molar-refractivity contribution in [2.24, 2.45) is 0 Å². The summed E-state index contributed by atoms with van der Waals surface area (Å²) in [6, 6.07) is -0.885. The van der Waals surface area contributed by atoms with Crippen LogP contribution in [-0.4, -0.2) is 74.3 Å². The summed E-state index contributed by atoms with van der Waals surface area (Å²) in [5, 5.41) is 3.05. The number of quaternary nitrogens is 1. The maximum absolute atomic E-state index is 13.6. The van der Waals surface area contributed by atoms with Crippen LogP contribution in [0.3, 0.4) is 0 Å². The van der Waals surface area contributed by atoms with E-state index in [1.165, 1.54) is 180 Å². The van der Waals surface area contributed by atoms with E-state index in [0.717, 1.165) is 83.5 Å². The monoisotopic (exact) mass is 1210 g/mol. The van der Waals surface area contributed by atoms with Crippen molar-refractivity contribution in [3.63, 3.8) is 0 Å². The maximum Gasteiger partial charge on any atom is 0.472 e. The van der Waals surface area contributed by atoms with Crippen LogP contribution in [0.25, 0.3) is 0 Å². The molecule has 490 valence electrons. The summed E-state index contributed by atoms with van der Waals surface area (Å²) in [7, 11) is 1.45. The highest BCUT2D eigenvalue weighted by molar-refractivity contribution is 7.47. The lowest BCUT2D eigenvalue weighted by atomic mass is 10.0. The Kier molecular flexibility index (Phi) is 61.2. The van der Waals surface area contributed by atoms with Crippen LogP contribution in [0.15, 0.2) is 109 Å². The first-order valence-corrected chi connectivity index (χ1v) is 36.7. The zero-order valence-corrected chi connectivity index (χ0v) is 57.0. The number of rotatable bonds is 63. The van der Waals surface area contributed by atoms with E-state index < -0.39 is 25.9 Å². The Hall–Kier alpha value is -3.33. The lowest BCUT2D eigenvalue weighted by Crippen LogP contribution is -2.47. The average molecular weight is 1210 g/mol. The summed E-state index contributed by atoms with van der Waals surface area (Å²) in [6.07, 6.45) is 88.4. The predicted molar refractivity (Wildman–Crippen MR) is 369 cm³/mol. The molecule has 0 aromatic heterocycles. The molecular weight excluding hydrogens is 1070 g/mol. The largest absolute Gasteiger partial charge is 0.472 e. The van der Waals surface area contributed by atoms with Gasteiger partial charge in [0.2, 0.25) is 5.91 Å². The van der Waals surface area contributed by atoms with Gasteiger partial charge < -0.3 is 19.4 Å². The van der Waals surface area contributed by atoms with Crippen molar-refractivity contribution in [2.75, 3.05) is 40.9 Å². The number of nitrogens with zero attached hydrogens (tertiary/aromatic N) is 1. The minimum absolute atomic E-state index is 0.0253. The molecule has 1 amide bonds. The quantitative estimate of drug-likeness (QED) is 0.0205. The van der Waals surface area contributed by atoms with Crippen molar-refractivity contribution in [2.45, 2.75) is 315 Å². The van der Waals surface area contributed by atoms with E-state index in [4.69, 9.17) is 13.8 Å². The first kappa shape index (κ1) is 81.7. The molecule has 3 unspecified atom stereocenters. The fraction of sp³-hybridized carbons (Fsp3) is 0.733. The molecule has 0 aliphatic heterocycles. The normalized spacial score (nSPS) is 14.2. The van der Waals surface area contributed by atoms with Gasteiger partial charge in [0, 0.05) is 12.8 Å². The standard InChI is InChI=1S/C75H133N2O7P/c1-7-10-13-16-19-22-25-28-30-32-34-35-36-37-38-39-40-41-43-44-46-49-52-55-58-61-64-67-74(78)76-72(71-83-85(80,81)82-70-69-77(4,5)6)73(66-63-60-57-54-51-48-27-24-21-18-15-12-9-3)84-75(79)68-65-62-59-56-53-50-47-45-42-33-31-29-26-23-20-17-14-11-8-2/h11,14,19-20,22-23,28-31,42,45,50,53,59,62-63,66,72-73H,7-10,12-13,15-18,21,24-27,32-41,43-44,46-49,51-52,54-58,60-61,64-65,67-71H2,1-6H3,(H-,76,78,80,81)/p+1/b14-11-,22-19-,23-20-,30-28-,31-29-,45-42-,53-50-,62-59-,66-63-. The third kappa shape index (κ3) is 65.0. The van der Waals surface area contributed by atoms with Crippen molar-refractivity contribution < 1.29 is 37.3 Å². The second kappa shape index (κ2) is 63.7. The predicted octanol–water partition coefficient (Wildman–Crippen LogP) is 22.5. The molecule has 0 bridgehead atoms. The number of esters is 1. The summed E-state index contributed by atoms with van der Waals surface area (Å²) >= 11 is 0. The second-order valence-corrected chi connectivity index (χ2v) is 26.1. The summed E-state index contributed by atoms with van der Waals surface area (Å²) in [5.74, 6) is -0.599. The topological polar surface area (TPSA) is 111 Å². The number of unbranched alkanes of at least 4 members (excludes halogenated alkanes) is 31. The number of ether oxygens (including phenoxy) is 1. The summed E-state index contributed by atoms with van der Waals surface area (Å²) in [5.41, 5.74) is 0. The Labute approximate surface area is 525 Å². The molecule has 0 aromatic carbocycles. The summed E-state index contributed by atoms with van der Waals surface area (Å²) in [6.45, 7) is 6.85. The minimum atomic E-state index is -4.48. The Morgan fingerprint density at radius 2 is 0.765 bits per heavy atom. The summed E-state index contributed by atoms with van der Waals surface area (Å²) < 4.78 is 30.7. The molecule has 0 aromatic rings. The first-order valence-electron chi connectivity index (χ1n) is 35.2. The number of carbonyl (C=O) groups is 2. The van der Waals surface area contributed by atoms with Crippen LogP contribution in [0.5, 0.6) is 0 Å². The molecule has 2 N–H and O–H groups in total. The zero-order valence-electron chi connectivity index (χ0n) is 56.1. The molecule has 0 rings (SSSR count). The minimum Gasteiger partial charge on any atom is -0.456 e. The Bertz CT molecular complexity index is 1820. The maximum atomic E-state index is 13.6. The molecule has 0 saturated heterocycles. The van der Waals surface area contributed by atoms with Gasteiger partial charge in [-0.25, -0.2) is 4.57 Å². The molecule has 0 heterocycles. The van der Waals surface area contributed by atoms with Gasteiger partial charge in [0.05, 0.1) is 33.8 Å². The van der Waals surface area contributed by atoms with Gasteiger partial charge in [0.1, 0.15) is 19.3 Å². The number of phosphoric ester groups is 1. The highest BCUT2D eigenvalue weighted by atomic mass is 31.2. The first-order chi connectivity index (χ1) is 41.4. The lowest BCUT2D eigenvalue weighted by molar-refractivity contribution is -0.870. The average Bonchev–Trinajstić information content (AvgIpc) is 3.50. The van der Waals surface area contributed by atoms with Crippen LogP contribution in [0.2, 0.25) is 0 Å². The van der Waals surface area contributed by atoms with Crippen LogP contribution in [0, 0.1) is 0 Å². The van der Waals surface area contributed by atoms with Crippen molar-refractivity contribution >= 4 is 19.7 Å². The SMILES string of the molecule is CC/C=C\C/C=C\C/C=C\C/C=C\C/C=C\C/C=C\CCC(=O)OC(/C=C\CCCCCCCCCCCCC)C(COP(=O)(O)OCC[N+](C)(C)C)NC(=O)CCCCCCCCCCCCCCCCCCC/C=C\C/C=C\CCCCC. The Balaban J connectivity index is 5.15. The highest BCUT2D eigenvalue weighted by Gasteiger charge is 2.30. The van der Waals surface area contributed by atoms with Gasteiger partial charge in [-0.05, 0) is 102 Å². The molecule has 3 atom stereocenters. The second-order valence-electron chi connectivity index (χ2n) is 24.7. The number of allylic oxidation sites excluding steroid dienone is 17. The number of phosphoric acid groups is 1. The summed E-state index contributed by atoms with van der Waals surface area (Å²) in [4.78, 5) is 37.8. The zero-order chi connectivity index (χ0) is 62.1. The molecule has 0 saturated carbocycles. The number of likely N-dealkylation sites (N-methyl/N-ethyl adjacent to an activating group) is 1. The van der Waals surface area contributed by atoms with Gasteiger partial charge in [0.25, 0.3) is 0 Å². The van der Waals surface area contributed by atoms with Gasteiger partial charge in [-0.2, -0.15) is 0 Å². The molecule has 0 spiro atoms. The molecule has 0 aliphatic carbocycles. The number of carbonyl (C=O) groups excluding carboxylic acids is 2. The molecule has 9 nitrogen and oxygen atoms in total. The van der Waals surface area contributed by atoms with Crippen LogP contribution >= 0.6 is 7.82 Å². The third-order valence-corrected chi connectivity index (χ3v) is 16.2. The van der Waals surface area contributed by atoms with E-state index in [-0.39, 0.29) is 25.5 Å². The van der Waals surface area contributed by atoms with Crippen LogP contribution < -0.4 is 5.32 Å². The highest BCUT2D eigenvalue weighted by Crippen LogP contribution is 2.43. The fourth-order valence-corrected chi connectivity index (χ4v) is 10.6. The van der Waals surface area contributed by atoms with Crippen LogP contribution in [0.4, 0.5) is 0 Å². The molecule has 0 aliphatic rings. The van der Waals surface area contributed by atoms with Gasteiger partial charge in [-0.3, -0.25) is 18.6 Å². The fourth-order valence-electron chi connectivity index (χ4n) is 9.82. The number of hydrogen-bond acceptors (Lipinski definition) is 6. The van der Waals surface area contributed by atoms with E-state index in [2.05, 4.69) is 117 Å². The number of amides is 1. The van der Waals surface area contributed by atoms with Crippen LogP contribution in [0.1, 0.15) is 303 Å². The van der Waals surface area contributed by atoms with Gasteiger partial charge in [-0.15, -0.1) is 0 Å². The molecule has 10 heteroatoms. The molecule has 0 radical (unpaired) electrons. The lowest BCUT2D eigenvalue weighted by Gasteiger charge is -2.27. The number of hydrogen-bond donors (Lipinski definition) is 2. The van der Waals surface area contributed by atoms with Crippen molar-refractivity contribution in [1.82, 2.24) is 5.32 Å². The van der Waals surface area contributed by atoms with E-state index in [1.54, 1.807) is 0 Å². The number of nitrogens with one attached hydrogen (secondary N) is 1. The van der Waals surface area contributed by atoms with Crippen LogP contribution in [-0.2, 0) is 27.9 Å². The van der Waals surface area contributed by atoms with Crippen molar-refractivity contribution in [3.8, 4) is 0 Å². The molecule has 0 fully saturated rings. The van der Waals surface area contributed by atoms with E-state index in [1.807, 2.05) is 39.4 Å². The Morgan fingerprint density at radius 1 is 0.424 bits per heavy atom. The van der Waals surface area contributed by atoms with E-state index in [9.17, 15) is 19.0 Å². The third-order valence-electron chi connectivity index (χ3n) is 15.2. The Morgan fingerprint density at radius 3 is 1.18 bits per heavy atom. The van der Waals surface area contributed by atoms with Gasteiger partial charge in [-0.1, -0.05) is 297 Å². The molecular formula is C75H134N2O7P+. The van der Waals surface area contributed by atoms with Crippen molar-refractivity contribution in [1.29, 1.82) is 0 Å². The van der Waals surface area contributed by atoms with Crippen molar-refractivity contribution in [3.05, 3.63) is 109 Å². The molecule has 85 heavy (non-hydrogen) atoms. The van der Waals surface area contributed by atoms with Gasteiger partial charge >= 0.3 is 13.8 Å². The smallest absolute Gasteiger partial charge is 0.456 e.